The molecule has 2 aromatic rings. The van der Waals surface area contributed by atoms with Crippen molar-refractivity contribution in [2.45, 2.75) is 26.4 Å². The zero-order valence-corrected chi connectivity index (χ0v) is 13.2. The molecule has 0 aliphatic carbocycles. The largest absolute Gasteiger partial charge is 0.327 e. The molecule has 2 atom stereocenters. The van der Waals surface area contributed by atoms with Gasteiger partial charge < -0.3 is 10.6 Å². The summed E-state index contributed by atoms with van der Waals surface area (Å²) in [7, 11) is 0. The Kier molecular flexibility index (Phi) is 5.45. The molecule has 2 rings (SSSR count). The van der Waals surface area contributed by atoms with Gasteiger partial charge in [0.15, 0.2) is 0 Å². The molecule has 2 unspecified atom stereocenters. The summed E-state index contributed by atoms with van der Waals surface area (Å²) in [6, 6.07) is 11.5. The minimum absolute atomic E-state index is 0.0637. The third-order valence-electron chi connectivity index (χ3n) is 3.87. The number of halogens is 2. The van der Waals surface area contributed by atoms with Gasteiger partial charge in [0.2, 0.25) is 5.91 Å². The monoisotopic (exact) mass is 318 g/mol. The highest BCUT2D eigenvalue weighted by molar-refractivity contribution is 5.95. The Balaban J connectivity index is 2.37. The lowest BCUT2D eigenvalue weighted by molar-refractivity contribution is -0.122. The van der Waals surface area contributed by atoms with Gasteiger partial charge in [0.1, 0.15) is 11.6 Å². The number of carbonyl (C=O) groups is 1. The number of rotatable bonds is 5. The van der Waals surface area contributed by atoms with Gasteiger partial charge in [-0.2, -0.15) is 0 Å². The summed E-state index contributed by atoms with van der Waals surface area (Å²) in [5.41, 5.74) is 6.72. The van der Waals surface area contributed by atoms with Crippen molar-refractivity contribution in [1.82, 2.24) is 0 Å². The number of anilines is 1. The van der Waals surface area contributed by atoms with Gasteiger partial charge in [-0.25, -0.2) is 8.78 Å². The van der Waals surface area contributed by atoms with E-state index in [9.17, 15) is 13.6 Å². The maximum absolute atomic E-state index is 13.9. The zero-order chi connectivity index (χ0) is 17.0. The van der Waals surface area contributed by atoms with E-state index in [0.717, 1.165) is 0 Å². The van der Waals surface area contributed by atoms with Gasteiger partial charge in [0, 0.05) is 17.3 Å². The molecule has 0 fully saturated rings. The van der Waals surface area contributed by atoms with Crippen molar-refractivity contribution in [3.63, 3.8) is 0 Å². The zero-order valence-electron chi connectivity index (χ0n) is 13.2. The van der Waals surface area contributed by atoms with Crippen LogP contribution in [0.15, 0.2) is 48.5 Å². The van der Waals surface area contributed by atoms with Crippen molar-refractivity contribution < 1.29 is 13.6 Å². The van der Waals surface area contributed by atoms with Crippen LogP contribution in [0.4, 0.5) is 14.5 Å². The molecule has 5 heteroatoms. The molecule has 2 aromatic carbocycles. The van der Waals surface area contributed by atoms with Gasteiger partial charge in [0.05, 0.1) is 12.5 Å². The number of nitrogens with zero attached hydrogens (tertiary/aromatic N) is 1. The highest BCUT2D eigenvalue weighted by Gasteiger charge is 2.25. The molecular weight excluding hydrogens is 298 g/mol. The fourth-order valence-corrected chi connectivity index (χ4v) is 2.19. The Morgan fingerprint density at radius 3 is 2.26 bits per heavy atom. The van der Waals surface area contributed by atoms with E-state index in [1.165, 1.54) is 35.2 Å². The molecule has 0 spiro atoms. The molecule has 0 bridgehead atoms. The van der Waals surface area contributed by atoms with E-state index in [2.05, 4.69) is 0 Å². The highest BCUT2D eigenvalue weighted by atomic mass is 19.1. The minimum Gasteiger partial charge on any atom is -0.327 e. The topological polar surface area (TPSA) is 46.3 Å². The number of benzene rings is 2. The Bertz CT molecular complexity index is 671. The maximum Gasteiger partial charge on any atom is 0.231 e. The van der Waals surface area contributed by atoms with E-state index in [1.54, 1.807) is 32.0 Å². The van der Waals surface area contributed by atoms with E-state index in [1.807, 2.05) is 0 Å². The Hall–Kier alpha value is -2.27. The first-order valence-corrected chi connectivity index (χ1v) is 7.46. The summed E-state index contributed by atoms with van der Waals surface area (Å²) in [5.74, 6) is -1.45. The second kappa shape index (κ2) is 7.33. The lowest BCUT2D eigenvalue weighted by Crippen LogP contribution is -2.41. The molecule has 1 amide bonds. The molecule has 0 aliphatic rings. The molecule has 0 saturated heterocycles. The number of nitrogens with two attached hydrogens (primary N) is 1. The van der Waals surface area contributed by atoms with Gasteiger partial charge in [0.25, 0.3) is 0 Å². The molecule has 122 valence electrons. The lowest BCUT2D eigenvalue weighted by Gasteiger charge is -2.27. The quantitative estimate of drug-likeness (QED) is 0.917. The third-order valence-corrected chi connectivity index (χ3v) is 3.87. The summed E-state index contributed by atoms with van der Waals surface area (Å²) in [4.78, 5) is 14.2. The van der Waals surface area contributed by atoms with Crippen LogP contribution in [0, 0.1) is 17.6 Å². The Morgan fingerprint density at radius 2 is 1.70 bits per heavy atom. The van der Waals surface area contributed by atoms with Crippen LogP contribution >= 0.6 is 0 Å². The second-order valence-corrected chi connectivity index (χ2v) is 5.64. The van der Waals surface area contributed by atoms with E-state index >= 15 is 0 Å². The van der Waals surface area contributed by atoms with Gasteiger partial charge in [-0.05, 0) is 37.3 Å². The minimum atomic E-state index is -0.438. The van der Waals surface area contributed by atoms with Gasteiger partial charge in [-0.1, -0.05) is 25.1 Å². The normalized spacial score (nSPS) is 13.4. The average molecular weight is 318 g/mol. The van der Waals surface area contributed by atoms with Crippen molar-refractivity contribution in [3.8, 4) is 0 Å². The van der Waals surface area contributed by atoms with Crippen LogP contribution in [0.2, 0.25) is 0 Å². The third kappa shape index (κ3) is 4.13. The summed E-state index contributed by atoms with van der Waals surface area (Å²) < 4.78 is 27.1. The van der Waals surface area contributed by atoms with Crippen LogP contribution in [0.1, 0.15) is 19.4 Å². The van der Waals surface area contributed by atoms with E-state index < -0.39 is 11.7 Å². The number of hydrogen-bond donors (Lipinski definition) is 1. The Morgan fingerprint density at radius 1 is 1.09 bits per heavy atom. The molecule has 3 nitrogen and oxygen atoms in total. The summed E-state index contributed by atoms with van der Waals surface area (Å²) in [6.07, 6.45) is 0. The van der Waals surface area contributed by atoms with Crippen LogP contribution in [0.3, 0.4) is 0 Å². The predicted molar refractivity (Wildman–Crippen MR) is 86.8 cm³/mol. The van der Waals surface area contributed by atoms with Crippen molar-refractivity contribution in [2.75, 3.05) is 4.90 Å². The van der Waals surface area contributed by atoms with Crippen LogP contribution < -0.4 is 10.6 Å². The van der Waals surface area contributed by atoms with Crippen molar-refractivity contribution >= 4 is 11.6 Å². The van der Waals surface area contributed by atoms with Crippen LogP contribution in [-0.2, 0) is 11.3 Å². The molecular formula is C18H20F2N2O. The summed E-state index contributed by atoms with van der Waals surface area (Å²) in [5, 5.41) is 0. The fraction of sp³-hybridized carbons (Fsp3) is 0.278. The van der Waals surface area contributed by atoms with Crippen LogP contribution in [0.25, 0.3) is 0 Å². The van der Waals surface area contributed by atoms with Gasteiger partial charge >= 0.3 is 0 Å². The fourth-order valence-electron chi connectivity index (χ4n) is 2.19. The molecule has 0 heterocycles. The first-order chi connectivity index (χ1) is 10.9. The van der Waals surface area contributed by atoms with Crippen LogP contribution in [0.5, 0.6) is 0 Å². The number of hydrogen-bond acceptors (Lipinski definition) is 2. The van der Waals surface area contributed by atoms with Crippen molar-refractivity contribution in [3.05, 3.63) is 65.7 Å². The second-order valence-electron chi connectivity index (χ2n) is 5.64. The summed E-state index contributed by atoms with van der Waals surface area (Å²) in [6.45, 7) is 3.54. The molecule has 0 aliphatic heterocycles. The molecule has 0 radical (unpaired) electrons. The standard InChI is InChI=1S/C18H20F2N2O/c1-12(13(2)21)18(23)22(16-9-7-15(19)8-10-16)11-14-5-3-4-6-17(14)20/h3-10,12-13H,11,21H2,1-2H3. The molecule has 2 N–H and O–H groups in total. The highest BCUT2D eigenvalue weighted by Crippen LogP contribution is 2.22. The first kappa shape index (κ1) is 17.1. The van der Waals surface area contributed by atoms with Gasteiger partial charge in [-0.3, -0.25) is 4.79 Å². The van der Waals surface area contributed by atoms with Crippen molar-refractivity contribution in [2.24, 2.45) is 11.7 Å². The molecule has 23 heavy (non-hydrogen) atoms. The predicted octanol–water partition coefficient (Wildman–Crippen LogP) is 3.48. The molecule has 0 saturated carbocycles. The molecule has 0 aromatic heterocycles. The average Bonchev–Trinajstić information content (AvgIpc) is 2.53. The number of carbonyl (C=O) groups excluding carboxylic acids is 1. The number of amides is 1. The van der Waals surface area contributed by atoms with Gasteiger partial charge in [-0.15, -0.1) is 0 Å². The maximum atomic E-state index is 13.9. The Labute approximate surface area is 134 Å². The van der Waals surface area contributed by atoms with Crippen LogP contribution in [-0.4, -0.2) is 11.9 Å². The SMILES string of the molecule is CC(N)C(C)C(=O)N(Cc1ccccc1F)c1ccc(F)cc1. The van der Waals surface area contributed by atoms with E-state index in [4.69, 9.17) is 5.73 Å². The van der Waals surface area contributed by atoms with E-state index in [0.29, 0.717) is 11.3 Å². The smallest absolute Gasteiger partial charge is 0.231 e. The summed E-state index contributed by atoms with van der Waals surface area (Å²) >= 11 is 0. The first-order valence-electron chi connectivity index (χ1n) is 7.46. The van der Waals surface area contributed by atoms with E-state index in [-0.39, 0.29) is 24.3 Å². The lowest BCUT2D eigenvalue weighted by atomic mass is 10.0. The van der Waals surface area contributed by atoms with Crippen molar-refractivity contribution in [1.29, 1.82) is 0 Å².